The molecule has 3 unspecified atom stereocenters. The standard InChI is InChI=1S/C22H31N3O/c1-3-23-16-21-17(2)22(25-24-21)19-11-13-20(14-12-19)26-15-7-10-18-8-5-4-6-9-18/h4-6,8-9,11-14,17,21-25H,3,7,10,15-16H2,1-2H3. The summed E-state index contributed by atoms with van der Waals surface area (Å²) in [4.78, 5) is 0. The van der Waals surface area contributed by atoms with Crippen molar-refractivity contribution in [1.82, 2.24) is 16.2 Å². The van der Waals surface area contributed by atoms with Crippen molar-refractivity contribution < 1.29 is 4.74 Å². The fourth-order valence-corrected chi connectivity index (χ4v) is 3.50. The number of nitrogens with one attached hydrogen (secondary N) is 3. The van der Waals surface area contributed by atoms with Crippen molar-refractivity contribution in [3.8, 4) is 5.75 Å². The van der Waals surface area contributed by atoms with Gasteiger partial charge in [0.1, 0.15) is 5.75 Å². The van der Waals surface area contributed by atoms with Crippen LogP contribution >= 0.6 is 0 Å². The highest BCUT2D eigenvalue weighted by atomic mass is 16.5. The third-order valence-corrected chi connectivity index (χ3v) is 5.16. The van der Waals surface area contributed by atoms with E-state index in [0.29, 0.717) is 18.0 Å². The van der Waals surface area contributed by atoms with Crippen LogP contribution in [-0.2, 0) is 6.42 Å². The summed E-state index contributed by atoms with van der Waals surface area (Å²) in [6.07, 6.45) is 2.09. The van der Waals surface area contributed by atoms with Gasteiger partial charge >= 0.3 is 0 Å². The molecule has 3 atom stereocenters. The molecule has 0 bridgehead atoms. The smallest absolute Gasteiger partial charge is 0.119 e. The monoisotopic (exact) mass is 353 g/mol. The van der Waals surface area contributed by atoms with E-state index in [2.05, 4.69) is 84.6 Å². The maximum absolute atomic E-state index is 5.90. The predicted octanol–water partition coefficient (Wildman–Crippen LogP) is 3.46. The minimum absolute atomic E-state index is 0.339. The molecule has 0 spiro atoms. The van der Waals surface area contributed by atoms with Gasteiger partial charge in [-0.3, -0.25) is 5.43 Å². The predicted molar refractivity (Wildman–Crippen MR) is 107 cm³/mol. The Kier molecular flexibility index (Phi) is 7.06. The molecule has 1 fully saturated rings. The zero-order valence-electron chi connectivity index (χ0n) is 15.9. The Morgan fingerprint density at radius 3 is 2.50 bits per heavy atom. The molecule has 0 aliphatic carbocycles. The fourth-order valence-electron chi connectivity index (χ4n) is 3.50. The molecular formula is C22H31N3O. The van der Waals surface area contributed by atoms with Crippen molar-refractivity contribution in [3.63, 3.8) is 0 Å². The summed E-state index contributed by atoms with van der Waals surface area (Å²) in [5.41, 5.74) is 9.53. The number of rotatable bonds is 9. The summed E-state index contributed by atoms with van der Waals surface area (Å²) >= 11 is 0. The fraction of sp³-hybridized carbons (Fsp3) is 0.455. The first-order valence-electron chi connectivity index (χ1n) is 9.76. The van der Waals surface area contributed by atoms with Gasteiger partial charge < -0.3 is 10.1 Å². The van der Waals surface area contributed by atoms with Gasteiger partial charge in [-0.1, -0.05) is 56.3 Å². The SMILES string of the molecule is CCNCC1NNC(c2ccc(OCCCc3ccccc3)cc2)C1C. The molecule has 2 aromatic carbocycles. The molecule has 0 radical (unpaired) electrons. The summed E-state index contributed by atoms with van der Waals surface area (Å²) in [5, 5.41) is 3.42. The van der Waals surface area contributed by atoms with Crippen molar-refractivity contribution in [2.45, 2.75) is 38.8 Å². The molecule has 1 aliphatic heterocycles. The van der Waals surface area contributed by atoms with Gasteiger partial charge in [0, 0.05) is 12.6 Å². The summed E-state index contributed by atoms with van der Waals surface area (Å²) in [6, 6.07) is 19.9. The highest BCUT2D eigenvalue weighted by Crippen LogP contribution is 2.29. The maximum Gasteiger partial charge on any atom is 0.119 e. The van der Waals surface area contributed by atoms with Crippen molar-refractivity contribution in [1.29, 1.82) is 0 Å². The van der Waals surface area contributed by atoms with Crippen LogP contribution < -0.4 is 20.9 Å². The van der Waals surface area contributed by atoms with Crippen molar-refractivity contribution >= 4 is 0 Å². The van der Waals surface area contributed by atoms with Gasteiger partial charge in [-0.2, -0.15) is 0 Å². The van der Waals surface area contributed by atoms with Gasteiger partial charge in [-0.15, -0.1) is 0 Å². The van der Waals surface area contributed by atoms with E-state index in [0.717, 1.165) is 38.3 Å². The first-order valence-corrected chi connectivity index (χ1v) is 9.76. The van der Waals surface area contributed by atoms with Crippen molar-refractivity contribution in [2.24, 2.45) is 5.92 Å². The zero-order valence-corrected chi connectivity index (χ0v) is 15.9. The Morgan fingerprint density at radius 2 is 1.77 bits per heavy atom. The molecule has 1 saturated heterocycles. The topological polar surface area (TPSA) is 45.3 Å². The molecule has 0 aromatic heterocycles. The van der Waals surface area contributed by atoms with Crippen LogP contribution in [0.4, 0.5) is 0 Å². The van der Waals surface area contributed by atoms with Gasteiger partial charge in [0.2, 0.25) is 0 Å². The number of ether oxygens (including phenoxy) is 1. The summed E-state index contributed by atoms with van der Waals surface area (Å²) in [7, 11) is 0. The lowest BCUT2D eigenvalue weighted by Gasteiger charge is -2.19. The number of likely N-dealkylation sites (N-methyl/N-ethyl adjacent to an activating group) is 1. The van der Waals surface area contributed by atoms with Crippen molar-refractivity contribution in [2.75, 3.05) is 19.7 Å². The van der Waals surface area contributed by atoms with E-state index in [1.54, 1.807) is 0 Å². The van der Waals surface area contributed by atoms with E-state index in [-0.39, 0.29) is 0 Å². The van der Waals surface area contributed by atoms with Crippen molar-refractivity contribution in [3.05, 3.63) is 65.7 Å². The molecule has 1 heterocycles. The van der Waals surface area contributed by atoms with E-state index in [1.807, 2.05) is 0 Å². The molecule has 140 valence electrons. The second kappa shape index (κ2) is 9.72. The van der Waals surface area contributed by atoms with Crippen LogP contribution in [0.15, 0.2) is 54.6 Å². The molecule has 3 N–H and O–H groups in total. The Balaban J connectivity index is 1.45. The maximum atomic E-state index is 5.90. The lowest BCUT2D eigenvalue weighted by Crippen LogP contribution is -2.39. The van der Waals surface area contributed by atoms with E-state index < -0.39 is 0 Å². The third-order valence-electron chi connectivity index (χ3n) is 5.16. The second-order valence-corrected chi connectivity index (χ2v) is 7.05. The molecule has 3 rings (SSSR count). The summed E-state index contributed by atoms with van der Waals surface area (Å²) in [6.45, 7) is 7.19. The average molecular weight is 354 g/mol. The van der Waals surface area contributed by atoms with E-state index >= 15 is 0 Å². The van der Waals surface area contributed by atoms with Gasteiger partial charge in [-0.25, -0.2) is 5.43 Å². The molecular weight excluding hydrogens is 322 g/mol. The lowest BCUT2D eigenvalue weighted by atomic mass is 9.91. The Labute approximate surface area is 157 Å². The van der Waals surface area contributed by atoms with E-state index in [1.165, 1.54) is 11.1 Å². The Bertz CT molecular complexity index is 644. The van der Waals surface area contributed by atoms with E-state index in [4.69, 9.17) is 4.74 Å². The molecule has 26 heavy (non-hydrogen) atoms. The summed E-state index contributed by atoms with van der Waals surface area (Å²) in [5.74, 6) is 1.48. The van der Waals surface area contributed by atoms with E-state index in [9.17, 15) is 0 Å². The largest absolute Gasteiger partial charge is 0.494 e. The number of aryl methyl sites for hydroxylation is 1. The van der Waals surface area contributed by atoms with Crippen LogP contribution in [0.1, 0.15) is 37.4 Å². The molecule has 0 saturated carbocycles. The van der Waals surface area contributed by atoms with Crippen LogP contribution in [0.2, 0.25) is 0 Å². The first kappa shape index (κ1) is 18.9. The number of hydrogen-bond acceptors (Lipinski definition) is 4. The third kappa shape index (κ3) is 5.07. The highest BCUT2D eigenvalue weighted by Gasteiger charge is 2.32. The number of hydrogen-bond donors (Lipinski definition) is 3. The van der Waals surface area contributed by atoms with Crippen LogP contribution in [0, 0.1) is 5.92 Å². The summed E-state index contributed by atoms with van der Waals surface area (Å²) < 4.78 is 5.90. The quantitative estimate of drug-likeness (QED) is 0.604. The van der Waals surface area contributed by atoms with Gasteiger partial charge in [0.15, 0.2) is 0 Å². The average Bonchev–Trinajstić information content (AvgIpc) is 3.05. The Hall–Kier alpha value is -1.88. The normalized spacial score (nSPS) is 22.5. The lowest BCUT2D eigenvalue weighted by molar-refractivity contribution is 0.311. The molecule has 1 aliphatic rings. The van der Waals surface area contributed by atoms with Crippen LogP contribution in [0.3, 0.4) is 0 Å². The van der Waals surface area contributed by atoms with Gasteiger partial charge in [-0.05, 0) is 48.6 Å². The van der Waals surface area contributed by atoms with Gasteiger partial charge in [0.25, 0.3) is 0 Å². The molecule has 4 heteroatoms. The van der Waals surface area contributed by atoms with Crippen LogP contribution in [0.5, 0.6) is 5.75 Å². The molecule has 4 nitrogen and oxygen atoms in total. The number of hydrazine groups is 1. The number of benzene rings is 2. The van der Waals surface area contributed by atoms with Gasteiger partial charge in [0.05, 0.1) is 12.6 Å². The first-order chi connectivity index (χ1) is 12.8. The molecule has 2 aromatic rings. The molecule has 0 amide bonds. The Morgan fingerprint density at radius 1 is 1.00 bits per heavy atom. The zero-order chi connectivity index (χ0) is 18.2. The van der Waals surface area contributed by atoms with Crippen LogP contribution in [-0.4, -0.2) is 25.7 Å². The minimum atomic E-state index is 0.339. The second-order valence-electron chi connectivity index (χ2n) is 7.05. The highest BCUT2D eigenvalue weighted by molar-refractivity contribution is 5.30. The van der Waals surface area contributed by atoms with Crippen LogP contribution in [0.25, 0.3) is 0 Å². The minimum Gasteiger partial charge on any atom is -0.494 e.